The molecule has 92 valence electrons. The molecule has 4 nitrogen and oxygen atoms in total. The lowest BCUT2D eigenvalue weighted by Gasteiger charge is -2.09. The minimum atomic E-state index is -0.856. The van der Waals surface area contributed by atoms with Gasteiger partial charge >= 0.3 is 6.16 Å². The van der Waals surface area contributed by atoms with Crippen LogP contribution in [0.5, 0.6) is 5.75 Å². The van der Waals surface area contributed by atoms with E-state index in [1.807, 2.05) is 0 Å². The number of hydrogen-bond donors (Lipinski definition) is 0. The van der Waals surface area contributed by atoms with E-state index in [4.69, 9.17) is 32.7 Å². The second kappa shape index (κ2) is 5.89. The van der Waals surface area contributed by atoms with Gasteiger partial charge < -0.3 is 9.47 Å². The predicted molar refractivity (Wildman–Crippen MR) is 64.1 cm³/mol. The van der Waals surface area contributed by atoms with Gasteiger partial charge in [-0.05, 0) is 13.8 Å². The first-order chi connectivity index (χ1) is 7.93. The smallest absolute Gasteiger partial charge is 0.431 e. The molecule has 0 N–H and O–H groups in total. The summed E-state index contributed by atoms with van der Waals surface area (Å²) in [7, 11) is 0. The van der Waals surface area contributed by atoms with Crippen molar-refractivity contribution in [2.45, 2.75) is 20.0 Å². The molecule has 0 amide bonds. The van der Waals surface area contributed by atoms with E-state index >= 15 is 0 Å². The first kappa shape index (κ1) is 13.8. The second-order valence-electron chi connectivity index (χ2n) is 3.44. The van der Waals surface area contributed by atoms with Crippen molar-refractivity contribution in [3.63, 3.8) is 0 Å². The molecular weight excluding hydrogens is 267 g/mol. The number of carbonyl (C=O) groups is 2. The molecule has 0 atom stereocenters. The topological polar surface area (TPSA) is 52.6 Å². The van der Waals surface area contributed by atoms with Gasteiger partial charge in [0, 0.05) is 12.1 Å². The summed E-state index contributed by atoms with van der Waals surface area (Å²) < 4.78 is 9.61. The molecule has 0 aliphatic heterocycles. The largest absolute Gasteiger partial charge is 0.514 e. The highest BCUT2D eigenvalue weighted by Crippen LogP contribution is 2.29. The summed E-state index contributed by atoms with van der Waals surface area (Å²) in [6, 6.07) is 2.64. The van der Waals surface area contributed by atoms with E-state index < -0.39 is 6.16 Å². The quantitative estimate of drug-likeness (QED) is 0.480. The summed E-state index contributed by atoms with van der Waals surface area (Å²) in [5, 5.41) is 0.222. The maximum absolute atomic E-state index is 11.2. The van der Waals surface area contributed by atoms with Crippen molar-refractivity contribution in [1.82, 2.24) is 0 Å². The maximum atomic E-state index is 11.2. The van der Waals surface area contributed by atoms with Crippen LogP contribution in [0.2, 0.25) is 10.0 Å². The summed E-state index contributed by atoms with van der Waals surface area (Å²) >= 11 is 11.6. The lowest BCUT2D eigenvalue weighted by Crippen LogP contribution is -2.15. The highest BCUT2D eigenvalue weighted by molar-refractivity contribution is 6.38. The van der Waals surface area contributed by atoms with Gasteiger partial charge in [0.15, 0.2) is 6.29 Å². The highest BCUT2D eigenvalue weighted by atomic mass is 35.5. The third-order valence-corrected chi connectivity index (χ3v) is 2.33. The molecule has 0 unspecified atom stereocenters. The Kier molecular flexibility index (Phi) is 4.78. The first-order valence-corrected chi connectivity index (χ1v) is 5.52. The number of aldehydes is 1. The van der Waals surface area contributed by atoms with Crippen molar-refractivity contribution in [3.8, 4) is 5.75 Å². The summed E-state index contributed by atoms with van der Waals surface area (Å²) in [5.41, 5.74) is 0.151. The van der Waals surface area contributed by atoms with Gasteiger partial charge in [-0.25, -0.2) is 4.79 Å². The predicted octanol–water partition coefficient (Wildman–Crippen LogP) is 3.73. The lowest BCUT2D eigenvalue weighted by molar-refractivity contribution is 0.0729. The van der Waals surface area contributed by atoms with Crippen LogP contribution in [-0.4, -0.2) is 18.5 Å². The Hall–Kier alpha value is -1.26. The average molecular weight is 277 g/mol. The Morgan fingerprint density at radius 3 is 2.24 bits per heavy atom. The molecule has 0 saturated carbocycles. The summed E-state index contributed by atoms with van der Waals surface area (Å²) in [6.07, 6.45) is -0.616. The van der Waals surface area contributed by atoms with Crippen LogP contribution in [0.3, 0.4) is 0 Å². The van der Waals surface area contributed by atoms with E-state index in [1.54, 1.807) is 13.8 Å². The van der Waals surface area contributed by atoms with E-state index in [0.29, 0.717) is 6.29 Å². The third-order valence-electron chi connectivity index (χ3n) is 1.70. The van der Waals surface area contributed by atoms with Crippen LogP contribution in [0.4, 0.5) is 4.79 Å². The monoisotopic (exact) mass is 276 g/mol. The van der Waals surface area contributed by atoms with Crippen molar-refractivity contribution in [3.05, 3.63) is 27.7 Å². The highest BCUT2D eigenvalue weighted by Gasteiger charge is 2.12. The second-order valence-corrected chi connectivity index (χ2v) is 4.25. The van der Waals surface area contributed by atoms with Gasteiger partial charge in [0.2, 0.25) is 0 Å². The third kappa shape index (κ3) is 3.91. The van der Waals surface area contributed by atoms with Crippen molar-refractivity contribution in [2.75, 3.05) is 0 Å². The summed E-state index contributed by atoms with van der Waals surface area (Å²) in [5.74, 6) is 0.122. The van der Waals surface area contributed by atoms with E-state index in [9.17, 15) is 9.59 Å². The van der Waals surface area contributed by atoms with Crippen LogP contribution < -0.4 is 4.74 Å². The molecule has 17 heavy (non-hydrogen) atoms. The molecule has 6 heteroatoms. The Morgan fingerprint density at radius 2 is 1.82 bits per heavy atom. The van der Waals surface area contributed by atoms with Crippen LogP contribution in [0, 0.1) is 0 Å². The molecule has 0 bridgehead atoms. The zero-order valence-electron chi connectivity index (χ0n) is 9.20. The number of carbonyl (C=O) groups excluding carboxylic acids is 2. The van der Waals surface area contributed by atoms with E-state index in [2.05, 4.69) is 0 Å². The fraction of sp³-hybridized carbons (Fsp3) is 0.273. The SMILES string of the molecule is CC(C)OC(=O)Oc1cc(Cl)c(C=O)c(Cl)c1. The Balaban J connectivity index is 2.87. The summed E-state index contributed by atoms with van der Waals surface area (Å²) in [6.45, 7) is 3.38. The molecule has 0 aliphatic carbocycles. The fourth-order valence-corrected chi connectivity index (χ4v) is 1.60. The van der Waals surface area contributed by atoms with Gasteiger partial charge in [0.1, 0.15) is 5.75 Å². The number of halogens is 2. The zero-order chi connectivity index (χ0) is 13.0. The van der Waals surface area contributed by atoms with Crippen LogP contribution in [0.15, 0.2) is 12.1 Å². The van der Waals surface area contributed by atoms with Crippen molar-refractivity contribution < 1.29 is 19.1 Å². The molecule has 0 fully saturated rings. The van der Waals surface area contributed by atoms with E-state index in [-0.39, 0.29) is 27.5 Å². The Labute approximate surface area is 108 Å². The molecule has 0 saturated heterocycles. The van der Waals surface area contributed by atoms with E-state index in [0.717, 1.165) is 0 Å². The van der Waals surface area contributed by atoms with Crippen LogP contribution in [-0.2, 0) is 4.74 Å². The van der Waals surface area contributed by atoms with Crippen LogP contribution in [0.1, 0.15) is 24.2 Å². The molecule has 0 aromatic heterocycles. The number of ether oxygens (including phenoxy) is 2. The Bertz CT molecular complexity index is 420. The van der Waals surface area contributed by atoms with Crippen LogP contribution in [0.25, 0.3) is 0 Å². The Morgan fingerprint density at radius 1 is 1.29 bits per heavy atom. The standard InChI is InChI=1S/C11H10Cl2O4/c1-6(2)16-11(15)17-7-3-9(12)8(5-14)10(13)4-7/h3-6H,1-2H3. The lowest BCUT2D eigenvalue weighted by atomic mass is 10.2. The molecule has 1 aromatic rings. The van der Waals surface area contributed by atoms with Gasteiger partial charge in [-0.3, -0.25) is 4.79 Å². The number of rotatable bonds is 3. The minimum Gasteiger partial charge on any atom is -0.431 e. The van der Waals surface area contributed by atoms with Crippen molar-refractivity contribution in [1.29, 1.82) is 0 Å². The van der Waals surface area contributed by atoms with Crippen molar-refractivity contribution in [2.24, 2.45) is 0 Å². The molecule has 0 radical (unpaired) electrons. The van der Waals surface area contributed by atoms with Gasteiger partial charge in [-0.15, -0.1) is 0 Å². The normalized spacial score (nSPS) is 10.2. The summed E-state index contributed by atoms with van der Waals surface area (Å²) in [4.78, 5) is 21.8. The van der Waals surface area contributed by atoms with Gasteiger partial charge in [-0.1, -0.05) is 23.2 Å². The van der Waals surface area contributed by atoms with Gasteiger partial charge in [-0.2, -0.15) is 0 Å². The van der Waals surface area contributed by atoms with Gasteiger partial charge in [0.05, 0.1) is 21.7 Å². The molecule has 1 rings (SSSR count). The first-order valence-electron chi connectivity index (χ1n) is 4.76. The zero-order valence-corrected chi connectivity index (χ0v) is 10.7. The maximum Gasteiger partial charge on any atom is 0.514 e. The molecule has 1 aromatic carbocycles. The van der Waals surface area contributed by atoms with Gasteiger partial charge in [0.25, 0.3) is 0 Å². The van der Waals surface area contributed by atoms with Crippen LogP contribution >= 0.6 is 23.2 Å². The van der Waals surface area contributed by atoms with E-state index in [1.165, 1.54) is 12.1 Å². The fourth-order valence-electron chi connectivity index (χ4n) is 1.05. The molecule has 0 spiro atoms. The van der Waals surface area contributed by atoms with Crippen molar-refractivity contribution >= 4 is 35.6 Å². The molecular formula is C11H10Cl2O4. The number of hydrogen-bond acceptors (Lipinski definition) is 4. The molecule has 0 aliphatic rings. The minimum absolute atomic E-state index is 0.111. The molecule has 0 heterocycles. The average Bonchev–Trinajstić information content (AvgIpc) is 2.15. The number of benzene rings is 1.